The molecule has 0 aliphatic heterocycles. The van der Waals surface area contributed by atoms with Gasteiger partial charge in [-0.2, -0.15) is 0 Å². The summed E-state index contributed by atoms with van der Waals surface area (Å²) < 4.78 is 10.9. The molecular formula is C21H34ClN3O4. The highest BCUT2D eigenvalue weighted by atomic mass is 35.5. The number of ether oxygens (including phenoxy) is 2. The Balaban J connectivity index is 0.00000420. The minimum Gasteiger partial charge on any atom is -0.493 e. The zero-order chi connectivity index (χ0) is 20.4. The number of carbonyl (C=O) groups is 2. The smallest absolute Gasteiger partial charge is 0.257 e. The standard InChI is InChI=1S/C21H33N3O4.ClH/c1-3-23-20(26)14-28-17-8-7-16(11-18(17)27-2)13-24-19(25)12-21(15-22)9-5-4-6-10-21;/h7-8,11H,3-6,9-10,12-15,22H2,1-2H3,(H,23,26)(H,24,25);1H. The fourth-order valence-electron chi connectivity index (χ4n) is 3.69. The molecule has 1 saturated carbocycles. The molecule has 2 rings (SSSR count). The van der Waals surface area contributed by atoms with Crippen molar-refractivity contribution in [3.8, 4) is 11.5 Å². The number of rotatable bonds is 10. The van der Waals surface area contributed by atoms with Gasteiger partial charge >= 0.3 is 0 Å². The molecule has 29 heavy (non-hydrogen) atoms. The van der Waals surface area contributed by atoms with Gasteiger partial charge in [-0.15, -0.1) is 12.4 Å². The number of nitrogens with two attached hydrogens (primary N) is 1. The van der Waals surface area contributed by atoms with Crippen LogP contribution in [-0.2, 0) is 16.1 Å². The van der Waals surface area contributed by atoms with Crippen LogP contribution in [0.2, 0.25) is 0 Å². The first-order valence-corrected chi connectivity index (χ1v) is 10.0. The predicted molar refractivity (Wildman–Crippen MR) is 115 cm³/mol. The van der Waals surface area contributed by atoms with Gasteiger partial charge in [-0.3, -0.25) is 9.59 Å². The van der Waals surface area contributed by atoms with Crippen molar-refractivity contribution < 1.29 is 19.1 Å². The molecule has 8 heteroatoms. The van der Waals surface area contributed by atoms with Crippen molar-refractivity contribution in [1.82, 2.24) is 10.6 Å². The molecule has 0 atom stereocenters. The summed E-state index contributed by atoms with van der Waals surface area (Å²) in [6.45, 7) is 3.31. The molecular weight excluding hydrogens is 394 g/mol. The average Bonchev–Trinajstić information content (AvgIpc) is 2.71. The Labute approximate surface area is 179 Å². The van der Waals surface area contributed by atoms with Gasteiger partial charge in [0.15, 0.2) is 18.1 Å². The van der Waals surface area contributed by atoms with E-state index in [1.165, 1.54) is 6.42 Å². The number of carbonyl (C=O) groups excluding carboxylic acids is 2. The van der Waals surface area contributed by atoms with E-state index in [0.717, 1.165) is 31.2 Å². The minimum absolute atomic E-state index is 0. The fourth-order valence-corrected chi connectivity index (χ4v) is 3.69. The maximum absolute atomic E-state index is 12.4. The molecule has 1 aromatic rings. The molecule has 7 nitrogen and oxygen atoms in total. The lowest BCUT2D eigenvalue weighted by atomic mass is 9.71. The summed E-state index contributed by atoms with van der Waals surface area (Å²) in [6.07, 6.45) is 6.08. The maximum Gasteiger partial charge on any atom is 0.257 e. The lowest BCUT2D eigenvalue weighted by Crippen LogP contribution is -2.38. The summed E-state index contributed by atoms with van der Waals surface area (Å²) >= 11 is 0. The summed E-state index contributed by atoms with van der Waals surface area (Å²) in [7, 11) is 1.55. The van der Waals surface area contributed by atoms with Gasteiger partial charge in [0.1, 0.15) is 0 Å². The first-order chi connectivity index (χ1) is 13.5. The normalized spacial score (nSPS) is 15.0. The number of halogens is 1. The number of methoxy groups -OCH3 is 1. The highest BCUT2D eigenvalue weighted by Crippen LogP contribution is 2.38. The van der Waals surface area contributed by atoms with Gasteiger partial charge in [0.25, 0.3) is 5.91 Å². The Morgan fingerprint density at radius 2 is 1.83 bits per heavy atom. The number of amides is 2. The van der Waals surface area contributed by atoms with Gasteiger partial charge in [-0.05, 0) is 49.4 Å². The van der Waals surface area contributed by atoms with E-state index in [4.69, 9.17) is 15.2 Å². The Kier molecular flexibility index (Phi) is 10.8. The molecule has 2 amide bonds. The van der Waals surface area contributed by atoms with Crippen LogP contribution < -0.4 is 25.8 Å². The molecule has 0 unspecified atom stereocenters. The molecule has 1 aromatic carbocycles. The first kappa shape index (κ1) is 25.0. The minimum atomic E-state index is -0.183. The second-order valence-corrected chi connectivity index (χ2v) is 7.45. The highest BCUT2D eigenvalue weighted by molar-refractivity contribution is 5.85. The SMILES string of the molecule is CCNC(=O)COc1ccc(CNC(=O)CC2(CN)CCCCC2)cc1OC.Cl. The van der Waals surface area contributed by atoms with Gasteiger partial charge in [-0.1, -0.05) is 25.3 Å². The molecule has 1 aliphatic rings. The molecule has 164 valence electrons. The quantitative estimate of drug-likeness (QED) is 0.532. The lowest BCUT2D eigenvalue weighted by Gasteiger charge is -2.35. The molecule has 1 fully saturated rings. The molecule has 0 bridgehead atoms. The third-order valence-corrected chi connectivity index (χ3v) is 5.33. The summed E-state index contributed by atoms with van der Waals surface area (Å²) in [5.74, 6) is 0.871. The van der Waals surface area contributed by atoms with E-state index >= 15 is 0 Å². The van der Waals surface area contributed by atoms with Gasteiger partial charge in [0, 0.05) is 19.5 Å². The number of nitrogens with one attached hydrogen (secondary N) is 2. The molecule has 0 saturated heterocycles. The third-order valence-electron chi connectivity index (χ3n) is 5.33. The molecule has 1 aliphatic carbocycles. The van der Waals surface area contributed by atoms with Crippen LogP contribution in [0.3, 0.4) is 0 Å². The Morgan fingerprint density at radius 1 is 1.10 bits per heavy atom. The number of hydrogen-bond acceptors (Lipinski definition) is 5. The number of hydrogen-bond donors (Lipinski definition) is 3. The molecule has 0 heterocycles. The number of likely N-dealkylation sites (N-methyl/N-ethyl adjacent to an activating group) is 1. The first-order valence-electron chi connectivity index (χ1n) is 10.0. The monoisotopic (exact) mass is 427 g/mol. The fraction of sp³-hybridized carbons (Fsp3) is 0.619. The average molecular weight is 428 g/mol. The third kappa shape index (κ3) is 7.74. The van der Waals surface area contributed by atoms with Crippen LogP contribution in [0.5, 0.6) is 11.5 Å². The van der Waals surface area contributed by atoms with Crippen molar-refractivity contribution in [3.63, 3.8) is 0 Å². The van der Waals surface area contributed by atoms with Crippen LogP contribution in [0.1, 0.15) is 51.0 Å². The van der Waals surface area contributed by atoms with Gasteiger partial charge in [0.2, 0.25) is 5.91 Å². The van der Waals surface area contributed by atoms with E-state index in [1.54, 1.807) is 13.2 Å². The van der Waals surface area contributed by atoms with Crippen molar-refractivity contribution in [3.05, 3.63) is 23.8 Å². The Bertz CT molecular complexity index is 663. The van der Waals surface area contributed by atoms with Crippen molar-refractivity contribution in [2.75, 3.05) is 26.8 Å². The van der Waals surface area contributed by atoms with Crippen molar-refractivity contribution in [2.45, 2.75) is 52.0 Å². The molecule has 0 radical (unpaired) electrons. The van der Waals surface area contributed by atoms with E-state index in [1.807, 2.05) is 19.1 Å². The van der Waals surface area contributed by atoms with Crippen molar-refractivity contribution in [2.24, 2.45) is 11.1 Å². The van der Waals surface area contributed by atoms with Gasteiger partial charge in [0.05, 0.1) is 7.11 Å². The van der Waals surface area contributed by atoms with Crippen LogP contribution in [0.4, 0.5) is 0 Å². The second-order valence-electron chi connectivity index (χ2n) is 7.45. The maximum atomic E-state index is 12.4. The Hall–Kier alpha value is -1.99. The van der Waals surface area contributed by atoms with Gasteiger partial charge in [-0.25, -0.2) is 0 Å². The number of benzene rings is 1. The van der Waals surface area contributed by atoms with Gasteiger partial charge < -0.3 is 25.8 Å². The van der Waals surface area contributed by atoms with Crippen molar-refractivity contribution in [1.29, 1.82) is 0 Å². The Morgan fingerprint density at radius 3 is 2.45 bits per heavy atom. The summed E-state index contributed by atoms with van der Waals surface area (Å²) in [5, 5.41) is 5.67. The molecule has 0 spiro atoms. The van der Waals surface area contributed by atoms with E-state index in [-0.39, 0.29) is 36.2 Å². The predicted octanol–water partition coefficient (Wildman–Crippen LogP) is 2.55. The van der Waals surface area contributed by atoms with Crippen LogP contribution in [0.25, 0.3) is 0 Å². The van der Waals surface area contributed by atoms with E-state index < -0.39 is 0 Å². The summed E-state index contributed by atoms with van der Waals surface area (Å²) in [6, 6.07) is 5.42. The lowest BCUT2D eigenvalue weighted by molar-refractivity contribution is -0.124. The van der Waals surface area contributed by atoms with Crippen LogP contribution >= 0.6 is 12.4 Å². The largest absolute Gasteiger partial charge is 0.493 e. The van der Waals surface area contributed by atoms with E-state index in [2.05, 4.69) is 10.6 Å². The zero-order valence-electron chi connectivity index (χ0n) is 17.4. The van der Waals surface area contributed by atoms with Crippen LogP contribution in [-0.4, -0.2) is 38.6 Å². The van der Waals surface area contributed by atoms with Crippen LogP contribution in [0.15, 0.2) is 18.2 Å². The van der Waals surface area contributed by atoms with Crippen molar-refractivity contribution >= 4 is 24.2 Å². The molecule has 0 aromatic heterocycles. The summed E-state index contributed by atoms with van der Waals surface area (Å²) in [5.41, 5.74) is 6.84. The summed E-state index contributed by atoms with van der Waals surface area (Å²) in [4.78, 5) is 24.0. The highest BCUT2D eigenvalue weighted by Gasteiger charge is 2.32. The molecule has 4 N–H and O–H groups in total. The van der Waals surface area contributed by atoms with Crippen LogP contribution in [0, 0.1) is 5.41 Å². The van der Waals surface area contributed by atoms with E-state index in [9.17, 15) is 9.59 Å². The van der Waals surface area contributed by atoms with E-state index in [0.29, 0.717) is 37.6 Å². The second kappa shape index (κ2) is 12.5. The topological polar surface area (TPSA) is 103 Å². The zero-order valence-corrected chi connectivity index (χ0v) is 18.2.